The number of aromatic nitrogens is 4. The van der Waals surface area contributed by atoms with Gasteiger partial charge >= 0.3 is 0 Å². The van der Waals surface area contributed by atoms with Gasteiger partial charge in [-0.25, -0.2) is 0 Å². The highest BCUT2D eigenvalue weighted by molar-refractivity contribution is 5.94. The van der Waals surface area contributed by atoms with Crippen molar-refractivity contribution in [1.29, 1.82) is 0 Å². The van der Waals surface area contributed by atoms with Gasteiger partial charge in [-0.15, -0.1) is 10.2 Å². The van der Waals surface area contributed by atoms with Gasteiger partial charge in [0.1, 0.15) is 0 Å². The van der Waals surface area contributed by atoms with Gasteiger partial charge < -0.3 is 9.64 Å². The second-order valence-corrected chi connectivity index (χ2v) is 7.76. The number of carbonyl (C=O) groups excluding carboxylic acids is 1. The van der Waals surface area contributed by atoms with E-state index in [0.29, 0.717) is 23.5 Å². The first kappa shape index (κ1) is 16.8. The van der Waals surface area contributed by atoms with Crippen molar-refractivity contribution < 1.29 is 9.53 Å². The Labute approximate surface area is 158 Å². The minimum absolute atomic E-state index is 0.0850. The van der Waals surface area contributed by atoms with E-state index in [1.54, 1.807) is 7.05 Å². The van der Waals surface area contributed by atoms with Crippen LogP contribution in [-0.4, -0.2) is 80.8 Å². The van der Waals surface area contributed by atoms with Crippen LogP contribution in [-0.2, 0) is 11.8 Å². The van der Waals surface area contributed by atoms with Crippen LogP contribution in [0.2, 0.25) is 0 Å². The lowest BCUT2D eigenvalue weighted by molar-refractivity contribution is -0.0816. The summed E-state index contributed by atoms with van der Waals surface area (Å²) in [4.78, 5) is 19.0. The normalized spacial score (nSPS) is 26.0. The topological polar surface area (TPSA) is 76.4 Å². The maximum atomic E-state index is 13.0. The Morgan fingerprint density at radius 2 is 1.96 bits per heavy atom. The highest BCUT2D eigenvalue weighted by atomic mass is 16.5. The van der Waals surface area contributed by atoms with Crippen molar-refractivity contribution in [3.05, 3.63) is 29.8 Å². The van der Waals surface area contributed by atoms with Crippen molar-refractivity contribution in [2.45, 2.75) is 24.9 Å². The van der Waals surface area contributed by atoms with Crippen LogP contribution in [0.4, 0.5) is 0 Å². The summed E-state index contributed by atoms with van der Waals surface area (Å²) in [6, 6.07) is 8.35. The first-order valence-corrected chi connectivity index (χ1v) is 9.66. The van der Waals surface area contributed by atoms with Crippen molar-refractivity contribution in [2.24, 2.45) is 13.0 Å². The number of ether oxygens (including phenoxy) is 1. The average molecular weight is 368 g/mol. The summed E-state index contributed by atoms with van der Waals surface area (Å²) in [6.07, 6.45) is 2.65. The van der Waals surface area contributed by atoms with Crippen molar-refractivity contribution in [3.8, 4) is 11.4 Å². The maximum absolute atomic E-state index is 13.0. The van der Waals surface area contributed by atoms with E-state index in [2.05, 4.69) is 20.3 Å². The zero-order chi connectivity index (χ0) is 18.4. The van der Waals surface area contributed by atoms with Crippen molar-refractivity contribution in [3.63, 3.8) is 0 Å². The number of rotatable bonds is 3. The molecule has 1 aromatic carbocycles. The molecule has 0 bridgehead atoms. The lowest BCUT2D eigenvalue weighted by Crippen LogP contribution is -2.63. The number of aryl methyl sites for hydroxylation is 1. The quantitative estimate of drug-likeness (QED) is 0.798. The van der Waals surface area contributed by atoms with E-state index in [4.69, 9.17) is 4.74 Å². The van der Waals surface area contributed by atoms with Gasteiger partial charge in [-0.05, 0) is 36.1 Å². The average Bonchev–Trinajstić information content (AvgIpc) is 3.47. The first-order valence-electron chi connectivity index (χ1n) is 9.66. The lowest BCUT2D eigenvalue weighted by Gasteiger charge is -2.48. The molecule has 0 unspecified atom stereocenters. The van der Waals surface area contributed by atoms with Crippen LogP contribution in [0.5, 0.6) is 0 Å². The highest BCUT2D eigenvalue weighted by Crippen LogP contribution is 2.38. The third kappa shape index (κ3) is 3.23. The third-order valence-electron chi connectivity index (χ3n) is 5.90. The molecule has 3 heterocycles. The molecular weight excluding hydrogens is 344 g/mol. The smallest absolute Gasteiger partial charge is 0.253 e. The third-order valence-corrected chi connectivity index (χ3v) is 5.90. The minimum atomic E-state index is 0.0850. The summed E-state index contributed by atoms with van der Waals surface area (Å²) in [5.41, 5.74) is 1.56. The van der Waals surface area contributed by atoms with E-state index < -0.39 is 0 Å². The van der Waals surface area contributed by atoms with Gasteiger partial charge in [-0.2, -0.15) is 4.80 Å². The number of amides is 1. The van der Waals surface area contributed by atoms with E-state index in [1.807, 2.05) is 29.2 Å². The Morgan fingerprint density at radius 3 is 2.67 bits per heavy atom. The fraction of sp³-hybridized carbons (Fsp3) is 0.579. The van der Waals surface area contributed by atoms with Crippen molar-refractivity contribution in [2.75, 3.05) is 32.8 Å². The highest BCUT2D eigenvalue weighted by Gasteiger charge is 2.43. The predicted molar refractivity (Wildman–Crippen MR) is 98.0 cm³/mol. The number of nitrogens with zero attached hydrogens (tertiary/aromatic N) is 6. The molecule has 0 spiro atoms. The molecule has 1 aromatic heterocycles. The molecule has 8 nitrogen and oxygen atoms in total. The summed E-state index contributed by atoms with van der Waals surface area (Å²) < 4.78 is 5.85. The van der Waals surface area contributed by atoms with Gasteiger partial charge in [0.15, 0.2) is 0 Å². The fourth-order valence-corrected chi connectivity index (χ4v) is 4.29. The molecule has 1 aliphatic carbocycles. The summed E-state index contributed by atoms with van der Waals surface area (Å²) in [7, 11) is 1.73. The SMILES string of the molecule is Cn1nnc(-c2ccc(C(=O)N3CCN4[C@@H](COC[C@@H]4C4CC4)C3)cc2)n1. The molecule has 0 N–H and O–H groups in total. The molecule has 3 fully saturated rings. The first-order chi connectivity index (χ1) is 13.2. The lowest BCUT2D eigenvalue weighted by atomic mass is 10.0. The number of carbonyl (C=O) groups is 1. The summed E-state index contributed by atoms with van der Waals surface area (Å²) in [6.45, 7) is 4.06. The molecule has 2 saturated heterocycles. The van der Waals surface area contributed by atoms with E-state index in [9.17, 15) is 4.79 Å². The van der Waals surface area contributed by atoms with Crippen LogP contribution in [0, 0.1) is 5.92 Å². The van der Waals surface area contributed by atoms with Crippen LogP contribution in [0.25, 0.3) is 11.4 Å². The summed E-state index contributed by atoms with van der Waals surface area (Å²) in [5.74, 6) is 1.45. The number of morpholine rings is 1. The van der Waals surface area contributed by atoms with Crippen LogP contribution < -0.4 is 0 Å². The Morgan fingerprint density at radius 1 is 1.15 bits per heavy atom. The van der Waals surface area contributed by atoms with Crippen LogP contribution in [0.15, 0.2) is 24.3 Å². The number of benzene rings is 1. The number of hydrogen-bond acceptors (Lipinski definition) is 6. The predicted octanol–water partition coefficient (Wildman–Crippen LogP) is 0.812. The van der Waals surface area contributed by atoms with Crippen LogP contribution in [0.1, 0.15) is 23.2 Å². The van der Waals surface area contributed by atoms with Crippen LogP contribution in [0.3, 0.4) is 0 Å². The van der Waals surface area contributed by atoms with E-state index in [1.165, 1.54) is 17.6 Å². The summed E-state index contributed by atoms with van der Waals surface area (Å²) in [5, 5.41) is 12.1. The molecule has 2 aliphatic heterocycles. The molecule has 3 aliphatic rings. The van der Waals surface area contributed by atoms with E-state index in [-0.39, 0.29) is 5.91 Å². The molecule has 142 valence electrons. The van der Waals surface area contributed by atoms with Crippen molar-refractivity contribution >= 4 is 5.91 Å². The van der Waals surface area contributed by atoms with Gasteiger partial charge in [0, 0.05) is 36.8 Å². The minimum Gasteiger partial charge on any atom is -0.378 e. The fourth-order valence-electron chi connectivity index (χ4n) is 4.29. The van der Waals surface area contributed by atoms with Gasteiger partial charge in [0.2, 0.25) is 5.82 Å². The standard InChI is InChI=1S/C19H24N6O2/c1-23-21-18(20-22-23)14-4-6-15(7-5-14)19(26)24-8-9-25-16(10-24)11-27-12-17(25)13-2-3-13/h4-7,13,16-17H,2-3,8-12H2,1H3/t16-,17-/m1/s1. The molecule has 5 rings (SSSR count). The Kier molecular flexibility index (Phi) is 4.17. The molecule has 0 radical (unpaired) electrons. The van der Waals surface area contributed by atoms with Crippen molar-refractivity contribution in [1.82, 2.24) is 30.0 Å². The second-order valence-electron chi connectivity index (χ2n) is 7.76. The number of fused-ring (bicyclic) bond motifs is 1. The second kappa shape index (κ2) is 6.69. The zero-order valence-corrected chi connectivity index (χ0v) is 15.5. The molecular formula is C19H24N6O2. The number of hydrogen-bond donors (Lipinski definition) is 0. The van der Waals surface area contributed by atoms with E-state index >= 15 is 0 Å². The maximum Gasteiger partial charge on any atom is 0.253 e. The van der Waals surface area contributed by atoms with Gasteiger partial charge in [-0.3, -0.25) is 9.69 Å². The van der Waals surface area contributed by atoms with Gasteiger partial charge in [0.25, 0.3) is 5.91 Å². The molecule has 2 aromatic rings. The summed E-state index contributed by atoms with van der Waals surface area (Å²) >= 11 is 0. The zero-order valence-electron chi connectivity index (χ0n) is 15.5. The number of piperazine rings is 1. The monoisotopic (exact) mass is 368 g/mol. The largest absolute Gasteiger partial charge is 0.378 e. The van der Waals surface area contributed by atoms with Crippen LogP contribution >= 0.6 is 0 Å². The molecule has 1 amide bonds. The molecule has 8 heteroatoms. The molecule has 2 atom stereocenters. The van der Waals surface area contributed by atoms with E-state index in [0.717, 1.165) is 44.3 Å². The molecule has 27 heavy (non-hydrogen) atoms. The Hall–Kier alpha value is -2.32. The molecule has 1 saturated carbocycles. The van der Waals surface area contributed by atoms with Gasteiger partial charge in [-0.1, -0.05) is 12.1 Å². The van der Waals surface area contributed by atoms with Gasteiger partial charge in [0.05, 0.1) is 26.3 Å². The Balaban J connectivity index is 1.27. The number of tetrazole rings is 1. The Bertz CT molecular complexity index is 831.